The number of rotatable bonds is 2. The van der Waals surface area contributed by atoms with Crippen LogP contribution in [-0.4, -0.2) is 20.2 Å². The summed E-state index contributed by atoms with van der Waals surface area (Å²) in [6, 6.07) is 4.90. The Labute approximate surface area is 82.6 Å². The Morgan fingerprint density at radius 3 is 2.64 bits per heavy atom. The van der Waals surface area contributed by atoms with Gasteiger partial charge in [0.1, 0.15) is 11.3 Å². The molecule has 0 aliphatic carbocycles. The molecule has 0 unspecified atom stereocenters. The molecule has 0 heterocycles. The first-order chi connectivity index (χ1) is 6.72. The SMILES string of the molecule is C#Cc1ccc(OC)c(C(=O)OC)c1. The van der Waals surface area contributed by atoms with Crippen molar-refractivity contribution in [2.45, 2.75) is 0 Å². The van der Waals surface area contributed by atoms with Crippen LogP contribution in [0.25, 0.3) is 0 Å². The van der Waals surface area contributed by atoms with E-state index in [1.165, 1.54) is 14.2 Å². The highest BCUT2D eigenvalue weighted by atomic mass is 16.5. The fraction of sp³-hybridized carbons (Fsp3) is 0.182. The fourth-order valence-corrected chi connectivity index (χ4v) is 1.07. The van der Waals surface area contributed by atoms with Gasteiger partial charge in [-0.25, -0.2) is 4.79 Å². The number of methoxy groups -OCH3 is 2. The Morgan fingerprint density at radius 2 is 2.14 bits per heavy atom. The molecular formula is C11H10O3. The van der Waals surface area contributed by atoms with Gasteiger partial charge in [0, 0.05) is 5.56 Å². The van der Waals surface area contributed by atoms with Crippen molar-refractivity contribution in [1.29, 1.82) is 0 Å². The van der Waals surface area contributed by atoms with E-state index in [2.05, 4.69) is 10.7 Å². The normalized spacial score (nSPS) is 8.93. The molecule has 14 heavy (non-hydrogen) atoms. The van der Waals surface area contributed by atoms with Gasteiger partial charge in [0.2, 0.25) is 0 Å². The number of hydrogen-bond donors (Lipinski definition) is 0. The highest BCUT2D eigenvalue weighted by Crippen LogP contribution is 2.20. The van der Waals surface area contributed by atoms with E-state index >= 15 is 0 Å². The van der Waals surface area contributed by atoms with Crippen LogP contribution in [0.1, 0.15) is 15.9 Å². The third-order valence-corrected chi connectivity index (χ3v) is 1.77. The van der Waals surface area contributed by atoms with Gasteiger partial charge in [0.15, 0.2) is 0 Å². The zero-order valence-corrected chi connectivity index (χ0v) is 8.03. The fourth-order valence-electron chi connectivity index (χ4n) is 1.07. The van der Waals surface area contributed by atoms with Crippen LogP contribution in [-0.2, 0) is 4.74 Å². The van der Waals surface area contributed by atoms with Crippen molar-refractivity contribution in [2.75, 3.05) is 14.2 Å². The smallest absolute Gasteiger partial charge is 0.341 e. The third kappa shape index (κ3) is 1.86. The van der Waals surface area contributed by atoms with Gasteiger partial charge in [0.25, 0.3) is 0 Å². The van der Waals surface area contributed by atoms with Crippen molar-refractivity contribution in [3.05, 3.63) is 29.3 Å². The van der Waals surface area contributed by atoms with Crippen molar-refractivity contribution < 1.29 is 14.3 Å². The molecule has 0 aromatic heterocycles. The number of benzene rings is 1. The quantitative estimate of drug-likeness (QED) is 0.523. The van der Waals surface area contributed by atoms with Crippen LogP contribution in [0.2, 0.25) is 0 Å². The molecule has 0 spiro atoms. The lowest BCUT2D eigenvalue weighted by Crippen LogP contribution is -2.04. The molecular weight excluding hydrogens is 180 g/mol. The number of ether oxygens (including phenoxy) is 2. The van der Waals surface area contributed by atoms with Crippen LogP contribution < -0.4 is 4.74 Å². The van der Waals surface area contributed by atoms with E-state index in [1.54, 1.807) is 18.2 Å². The predicted molar refractivity (Wildman–Crippen MR) is 52.3 cm³/mol. The molecule has 0 saturated carbocycles. The highest BCUT2D eigenvalue weighted by molar-refractivity contribution is 5.92. The van der Waals surface area contributed by atoms with Crippen molar-refractivity contribution in [2.24, 2.45) is 0 Å². The molecule has 1 aromatic rings. The number of carbonyl (C=O) groups excluding carboxylic acids is 1. The van der Waals surface area contributed by atoms with Gasteiger partial charge in [-0.2, -0.15) is 0 Å². The molecule has 0 radical (unpaired) electrons. The Hall–Kier alpha value is -1.95. The monoisotopic (exact) mass is 190 g/mol. The van der Waals surface area contributed by atoms with Crippen LogP contribution in [0.5, 0.6) is 5.75 Å². The molecule has 0 fully saturated rings. The van der Waals surface area contributed by atoms with Gasteiger partial charge >= 0.3 is 5.97 Å². The third-order valence-electron chi connectivity index (χ3n) is 1.77. The molecule has 0 saturated heterocycles. The minimum atomic E-state index is -0.459. The minimum Gasteiger partial charge on any atom is -0.496 e. The van der Waals surface area contributed by atoms with E-state index in [0.717, 1.165) is 0 Å². The van der Waals surface area contributed by atoms with Crippen molar-refractivity contribution in [3.63, 3.8) is 0 Å². The van der Waals surface area contributed by atoms with Gasteiger partial charge in [-0.15, -0.1) is 6.42 Å². The number of hydrogen-bond acceptors (Lipinski definition) is 3. The molecule has 1 rings (SSSR count). The summed E-state index contributed by atoms with van der Waals surface area (Å²) in [6.07, 6.45) is 5.21. The summed E-state index contributed by atoms with van der Waals surface area (Å²) < 4.78 is 9.59. The molecule has 3 heteroatoms. The summed E-state index contributed by atoms with van der Waals surface area (Å²) in [5.74, 6) is 2.43. The Bertz CT molecular complexity index is 388. The number of carbonyl (C=O) groups is 1. The average Bonchev–Trinajstić information content (AvgIpc) is 2.27. The molecule has 1 aromatic carbocycles. The van der Waals surface area contributed by atoms with E-state index in [-0.39, 0.29) is 0 Å². The first kappa shape index (κ1) is 10.1. The second-order valence-electron chi connectivity index (χ2n) is 2.55. The minimum absolute atomic E-state index is 0.338. The zero-order valence-electron chi connectivity index (χ0n) is 8.03. The Balaban J connectivity index is 3.23. The molecule has 0 atom stereocenters. The summed E-state index contributed by atoms with van der Waals surface area (Å²) in [5, 5.41) is 0. The average molecular weight is 190 g/mol. The van der Waals surface area contributed by atoms with Gasteiger partial charge in [-0.3, -0.25) is 0 Å². The maximum Gasteiger partial charge on any atom is 0.341 e. The molecule has 3 nitrogen and oxygen atoms in total. The Kier molecular flexibility index (Phi) is 3.14. The van der Waals surface area contributed by atoms with Crippen molar-refractivity contribution in [3.8, 4) is 18.1 Å². The van der Waals surface area contributed by atoms with Crippen molar-refractivity contribution >= 4 is 5.97 Å². The van der Waals surface area contributed by atoms with E-state index in [0.29, 0.717) is 16.9 Å². The van der Waals surface area contributed by atoms with Crippen LogP contribution >= 0.6 is 0 Å². The number of esters is 1. The van der Waals surface area contributed by atoms with E-state index in [4.69, 9.17) is 11.2 Å². The molecule has 0 amide bonds. The van der Waals surface area contributed by atoms with Crippen LogP contribution in [0.15, 0.2) is 18.2 Å². The predicted octanol–water partition coefficient (Wildman–Crippen LogP) is 1.46. The van der Waals surface area contributed by atoms with Gasteiger partial charge in [0.05, 0.1) is 14.2 Å². The highest BCUT2D eigenvalue weighted by Gasteiger charge is 2.12. The lowest BCUT2D eigenvalue weighted by Gasteiger charge is -2.06. The van der Waals surface area contributed by atoms with E-state index in [9.17, 15) is 4.79 Å². The summed E-state index contributed by atoms with van der Waals surface area (Å²) in [7, 11) is 2.79. The first-order valence-corrected chi connectivity index (χ1v) is 3.96. The molecule has 72 valence electrons. The lowest BCUT2D eigenvalue weighted by molar-refractivity contribution is 0.0597. The molecule has 0 aliphatic rings. The lowest BCUT2D eigenvalue weighted by atomic mass is 10.1. The summed E-state index contributed by atoms with van der Waals surface area (Å²) in [6.45, 7) is 0. The standard InChI is InChI=1S/C11H10O3/c1-4-8-5-6-10(13-2)9(7-8)11(12)14-3/h1,5-7H,2-3H3. The molecule has 0 N–H and O–H groups in total. The van der Waals surface area contributed by atoms with E-state index < -0.39 is 5.97 Å². The van der Waals surface area contributed by atoms with Crippen LogP contribution in [0, 0.1) is 12.3 Å². The number of terminal acetylenes is 1. The summed E-state index contributed by atoms with van der Waals surface area (Å²) in [4.78, 5) is 11.3. The second kappa shape index (κ2) is 4.33. The topological polar surface area (TPSA) is 35.5 Å². The van der Waals surface area contributed by atoms with Crippen LogP contribution in [0.3, 0.4) is 0 Å². The second-order valence-corrected chi connectivity index (χ2v) is 2.55. The Morgan fingerprint density at radius 1 is 1.43 bits per heavy atom. The maximum atomic E-state index is 11.3. The zero-order chi connectivity index (χ0) is 10.6. The summed E-state index contributed by atoms with van der Waals surface area (Å²) in [5.41, 5.74) is 0.955. The summed E-state index contributed by atoms with van der Waals surface area (Å²) >= 11 is 0. The largest absolute Gasteiger partial charge is 0.496 e. The first-order valence-electron chi connectivity index (χ1n) is 3.96. The van der Waals surface area contributed by atoms with Crippen molar-refractivity contribution in [1.82, 2.24) is 0 Å². The van der Waals surface area contributed by atoms with Gasteiger partial charge in [-0.05, 0) is 18.2 Å². The van der Waals surface area contributed by atoms with E-state index in [1.807, 2.05) is 0 Å². The molecule has 0 aliphatic heterocycles. The maximum absolute atomic E-state index is 11.3. The van der Waals surface area contributed by atoms with Crippen LogP contribution in [0.4, 0.5) is 0 Å². The van der Waals surface area contributed by atoms with Gasteiger partial charge < -0.3 is 9.47 Å². The van der Waals surface area contributed by atoms with Gasteiger partial charge in [-0.1, -0.05) is 5.92 Å². The molecule has 0 bridgehead atoms.